The minimum absolute atomic E-state index is 0.204. The first-order chi connectivity index (χ1) is 15.1. The Balaban J connectivity index is 1.67. The van der Waals surface area contributed by atoms with Crippen LogP contribution in [0.4, 0.5) is 5.69 Å². The quantitative estimate of drug-likeness (QED) is 0.551. The first kappa shape index (κ1) is 21.6. The molecule has 0 bridgehead atoms. The van der Waals surface area contributed by atoms with Crippen molar-refractivity contribution in [2.45, 2.75) is 6.61 Å². The van der Waals surface area contributed by atoms with Crippen molar-refractivity contribution >= 4 is 17.5 Å². The molecule has 0 aliphatic carbocycles. The number of pyridine rings is 1. The first-order valence-electron chi connectivity index (χ1n) is 9.51. The van der Waals surface area contributed by atoms with Crippen LogP contribution in [0.2, 0.25) is 0 Å². The molecule has 0 aliphatic heterocycles. The molecule has 3 aromatic rings. The van der Waals surface area contributed by atoms with Gasteiger partial charge in [-0.2, -0.15) is 0 Å². The fourth-order valence-electron chi connectivity index (χ4n) is 2.79. The minimum Gasteiger partial charge on any atom is -0.493 e. The fourth-order valence-corrected chi connectivity index (χ4v) is 2.79. The lowest BCUT2D eigenvalue weighted by Gasteiger charge is -2.16. The van der Waals surface area contributed by atoms with Crippen LogP contribution in [0, 0.1) is 0 Å². The number of hydrogen-bond acceptors (Lipinski definition) is 6. The maximum absolute atomic E-state index is 12.6. The smallest absolute Gasteiger partial charge is 0.251 e. The maximum Gasteiger partial charge on any atom is 0.251 e. The number of anilines is 1. The van der Waals surface area contributed by atoms with Gasteiger partial charge in [0.1, 0.15) is 6.61 Å². The topological polar surface area (TPSA) is 98.8 Å². The highest BCUT2D eigenvalue weighted by Gasteiger charge is 2.18. The molecule has 0 radical (unpaired) electrons. The predicted molar refractivity (Wildman–Crippen MR) is 116 cm³/mol. The van der Waals surface area contributed by atoms with Crippen LogP contribution in [0.3, 0.4) is 0 Å². The van der Waals surface area contributed by atoms with Gasteiger partial charge in [0.25, 0.3) is 5.91 Å². The van der Waals surface area contributed by atoms with E-state index in [9.17, 15) is 9.59 Å². The minimum atomic E-state index is -0.451. The zero-order chi connectivity index (χ0) is 22.1. The largest absolute Gasteiger partial charge is 0.493 e. The third-order valence-electron chi connectivity index (χ3n) is 4.30. The van der Waals surface area contributed by atoms with E-state index in [1.165, 1.54) is 32.5 Å². The average molecular weight is 421 g/mol. The molecule has 1 aromatic heterocycles. The molecule has 160 valence electrons. The molecule has 1 heterocycles. The predicted octanol–water partition coefficient (Wildman–Crippen LogP) is 3.05. The van der Waals surface area contributed by atoms with E-state index in [4.69, 9.17) is 14.2 Å². The number of benzene rings is 2. The summed E-state index contributed by atoms with van der Waals surface area (Å²) < 4.78 is 16.7. The lowest BCUT2D eigenvalue weighted by atomic mass is 10.1. The van der Waals surface area contributed by atoms with Gasteiger partial charge >= 0.3 is 0 Å². The number of rotatable bonds is 9. The summed E-state index contributed by atoms with van der Waals surface area (Å²) in [6, 6.07) is 16.1. The molecule has 2 aromatic carbocycles. The molecule has 0 saturated carbocycles. The number of aromatic nitrogens is 1. The highest BCUT2D eigenvalue weighted by molar-refractivity contribution is 6.00. The van der Waals surface area contributed by atoms with E-state index in [0.29, 0.717) is 29.5 Å². The zero-order valence-corrected chi connectivity index (χ0v) is 17.3. The van der Waals surface area contributed by atoms with E-state index in [1.807, 2.05) is 30.3 Å². The summed E-state index contributed by atoms with van der Waals surface area (Å²) in [6.07, 6.45) is 3.12. The molecule has 0 fully saturated rings. The SMILES string of the molecule is COc1cc(C(=O)NCC(=O)Nc2cccnc2)cc(OC)c1OCc1ccccc1. The summed E-state index contributed by atoms with van der Waals surface area (Å²) in [4.78, 5) is 28.5. The van der Waals surface area contributed by atoms with Gasteiger partial charge < -0.3 is 24.8 Å². The van der Waals surface area contributed by atoms with Gasteiger partial charge in [-0.25, -0.2) is 0 Å². The van der Waals surface area contributed by atoms with Gasteiger partial charge in [-0.3, -0.25) is 14.6 Å². The summed E-state index contributed by atoms with van der Waals surface area (Å²) >= 11 is 0. The number of nitrogens with zero attached hydrogens (tertiary/aromatic N) is 1. The molecular weight excluding hydrogens is 398 g/mol. The van der Waals surface area contributed by atoms with Crippen molar-refractivity contribution < 1.29 is 23.8 Å². The van der Waals surface area contributed by atoms with Crippen molar-refractivity contribution in [2.75, 3.05) is 26.1 Å². The van der Waals surface area contributed by atoms with E-state index in [0.717, 1.165) is 5.56 Å². The lowest BCUT2D eigenvalue weighted by molar-refractivity contribution is -0.115. The van der Waals surface area contributed by atoms with Crippen LogP contribution < -0.4 is 24.8 Å². The normalized spacial score (nSPS) is 10.1. The van der Waals surface area contributed by atoms with Gasteiger partial charge in [-0.05, 0) is 29.8 Å². The van der Waals surface area contributed by atoms with Crippen molar-refractivity contribution in [3.63, 3.8) is 0 Å². The number of carbonyl (C=O) groups excluding carboxylic acids is 2. The number of carbonyl (C=O) groups is 2. The number of hydrogen-bond donors (Lipinski definition) is 2. The molecule has 0 aliphatic rings. The van der Waals surface area contributed by atoms with Crippen molar-refractivity contribution in [3.05, 3.63) is 78.1 Å². The number of nitrogens with one attached hydrogen (secondary N) is 2. The summed E-state index contributed by atoms with van der Waals surface area (Å²) in [5.74, 6) is 0.260. The maximum atomic E-state index is 12.6. The van der Waals surface area contributed by atoms with Gasteiger partial charge in [0, 0.05) is 11.8 Å². The fraction of sp³-hybridized carbons (Fsp3) is 0.174. The highest BCUT2D eigenvalue weighted by Crippen LogP contribution is 2.39. The molecule has 8 nitrogen and oxygen atoms in total. The second kappa shape index (κ2) is 10.6. The monoisotopic (exact) mass is 421 g/mol. The Morgan fingerprint density at radius 1 is 0.968 bits per heavy atom. The van der Waals surface area contributed by atoms with E-state index < -0.39 is 5.91 Å². The molecule has 8 heteroatoms. The number of amides is 2. The molecule has 3 rings (SSSR count). The second-order valence-electron chi connectivity index (χ2n) is 6.46. The van der Waals surface area contributed by atoms with Gasteiger partial charge in [-0.15, -0.1) is 0 Å². The van der Waals surface area contributed by atoms with E-state index in [2.05, 4.69) is 15.6 Å². The second-order valence-corrected chi connectivity index (χ2v) is 6.46. The Kier molecular flexibility index (Phi) is 7.42. The summed E-state index contributed by atoms with van der Waals surface area (Å²) in [5, 5.41) is 5.23. The average Bonchev–Trinajstić information content (AvgIpc) is 2.81. The number of ether oxygens (including phenoxy) is 3. The van der Waals surface area contributed by atoms with Crippen LogP contribution in [0.15, 0.2) is 67.0 Å². The zero-order valence-electron chi connectivity index (χ0n) is 17.3. The third kappa shape index (κ3) is 5.96. The Bertz CT molecular complexity index is 1000. The molecule has 2 N–H and O–H groups in total. The van der Waals surface area contributed by atoms with Crippen molar-refractivity contribution in [2.24, 2.45) is 0 Å². The van der Waals surface area contributed by atoms with E-state index >= 15 is 0 Å². The summed E-state index contributed by atoms with van der Waals surface area (Å²) in [7, 11) is 2.96. The summed E-state index contributed by atoms with van der Waals surface area (Å²) in [5.41, 5.74) is 1.80. The Morgan fingerprint density at radius 2 is 1.68 bits per heavy atom. The van der Waals surface area contributed by atoms with Crippen LogP contribution in [0.5, 0.6) is 17.2 Å². The standard InChI is InChI=1S/C23H23N3O5/c1-29-19-11-17(23(28)25-14-21(27)26-18-9-6-10-24-13-18)12-20(30-2)22(19)31-15-16-7-4-3-5-8-16/h3-13H,14-15H2,1-2H3,(H,25,28)(H,26,27). The van der Waals surface area contributed by atoms with Crippen LogP contribution in [-0.2, 0) is 11.4 Å². The van der Waals surface area contributed by atoms with Crippen LogP contribution in [0.1, 0.15) is 15.9 Å². The van der Waals surface area contributed by atoms with Gasteiger partial charge in [-0.1, -0.05) is 30.3 Å². The molecule has 0 spiro atoms. The van der Waals surface area contributed by atoms with E-state index in [-0.39, 0.29) is 18.0 Å². The van der Waals surface area contributed by atoms with Crippen LogP contribution in [-0.4, -0.2) is 37.6 Å². The van der Waals surface area contributed by atoms with Crippen LogP contribution >= 0.6 is 0 Å². The lowest BCUT2D eigenvalue weighted by Crippen LogP contribution is -2.32. The van der Waals surface area contributed by atoms with Gasteiger partial charge in [0.15, 0.2) is 11.5 Å². The first-order valence-corrected chi connectivity index (χ1v) is 9.51. The van der Waals surface area contributed by atoms with Crippen molar-refractivity contribution in [1.29, 1.82) is 0 Å². The van der Waals surface area contributed by atoms with Crippen molar-refractivity contribution in [3.8, 4) is 17.2 Å². The van der Waals surface area contributed by atoms with Gasteiger partial charge in [0.2, 0.25) is 11.7 Å². The van der Waals surface area contributed by atoms with Crippen molar-refractivity contribution in [1.82, 2.24) is 10.3 Å². The molecule has 0 saturated heterocycles. The number of methoxy groups -OCH3 is 2. The van der Waals surface area contributed by atoms with E-state index in [1.54, 1.807) is 18.3 Å². The molecular formula is C23H23N3O5. The Hall–Kier alpha value is -4.07. The Morgan fingerprint density at radius 3 is 2.29 bits per heavy atom. The third-order valence-corrected chi connectivity index (χ3v) is 4.30. The molecule has 2 amide bonds. The van der Waals surface area contributed by atoms with Crippen LogP contribution in [0.25, 0.3) is 0 Å². The molecule has 31 heavy (non-hydrogen) atoms. The molecule has 0 atom stereocenters. The molecule has 0 unspecified atom stereocenters. The Labute approximate surface area is 180 Å². The van der Waals surface area contributed by atoms with Gasteiger partial charge in [0.05, 0.1) is 32.6 Å². The highest BCUT2D eigenvalue weighted by atomic mass is 16.5. The summed E-state index contributed by atoms with van der Waals surface area (Å²) in [6.45, 7) is 0.109.